The van der Waals surface area contributed by atoms with E-state index in [0.29, 0.717) is 6.42 Å². The molecule has 0 aromatic heterocycles. The Hall–Kier alpha value is -2.43. The van der Waals surface area contributed by atoms with Crippen LogP contribution in [0.2, 0.25) is 0 Å². The third-order valence-corrected chi connectivity index (χ3v) is 5.67. The van der Waals surface area contributed by atoms with Gasteiger partial charge >= 0.3 is 11.9 Å². The summed E-state index contributed by atoms with van der Waals surface area (Å²) in [5.74, 6) is -1.65. The van der Waals surface area contributed by atoms with Crippen LogP contribution < -0.4 is 0 Å². The van der Waals surface area contributed by atoms with Crippen molar-refractivity contribution in [2.24, 2.45) is 17.3 Å². The zero-order valence-electron chi connectivity index (χ0n) is 14.7. The fraction of sp³-hybridized carbons (Fsp3) is 0.450. The summed E-state index contributed by atoms with van der Waals surface area (Å²) >= 11 is 0. The molecule has 0 spiro atoms. The number of ketones is 1. The number of allylic oxidation sites excluding steroid dienone is 2. The number of methoxy groups -OCH3 is 2. The second-order valence-corrected chi connectivity index (χ2v) is 6.92. The SMILES string of the molecule is COC(=O)C1(C(=O)OC)C[C@@H]2[C@H](C1)C(C)=CC(=O)[C@H]2c1ccccc1. The Labute approximate surface area is 147 Å². The Morgan fingerprint density at radius 2 is 1.64 bits per heavy atom. The highest BCUT2D eigenvalue weighted by Gasteiger charge is 2.60. The van der Waals surface area contributed by atoms with Crippen LogP contribution in [0.5, 0.6) is 0 Å². The van der Waals surface area contributed by atoms with Crippen LogP contribution in [0.1, 0.15) is 31.2 Å². The van der Waals surface area contributed by atoms with Gasteiger partial charge in [0.05, 0.1) is 20.1 Å². The quantitative estimate of drug-likeness (QED) is 0.624. The summed E-state index contributed by atoms with van der Waals surface area (Å²) < 4.78 is 9.85. The van der Waals surface area contributed by atoms with Gasteiger partial charge < -0.3 is 9.47 Å². The zero-order chi connectivity index (χ0) is 18.2. The maximum atomic E-state index is 12.7. The van der Waals surface area contributed by atoms with Crippen molar-refractivity contribution in [3.63, 3.8) is 0 Å². The van der Waals surface area contributed by atoms with Gasteiger partial charge in [-0.15, -0.1) is 0 Å². The van der Waals surface area contributed by atoms with Crippen LogP contribution in [0.15, 0.2) is 42.0 Å². The van der Waals surface area contributed by atoms with Crippen LogP contribution in [-0.4, -0.2) is 31.9 Å². The minimum absolute atomic E-state index is 0.0236. The summed E-state index contributed by atoms with van der Waals surface area (Å²) in [4.78, 5) is 37.7. The summed E-state index contributed by atoms with van der Waals surface area (Å²) in [7, 11) is 2.55. The minimum atomic E-state index is -1.34. The van der Waals surface area contributed by atoms with Crippen molar-refractivity contribution < 1.29 is 23.9 Å². The Balaban J connectivity index is 2.06. The molecule has 3 rings (SSSR count). The third-order valence-electron chi connectivity index (χ3n) is 5.67. The summed E-state index contributed by atoms with van der Waals surface area (Å²) in [5.41, 5.74) is 0.486. The number of hydrogen-bond donors (Lipinski definition) is 0. The number of carbonyl (C=O) groups excluding carboxylic acids is 3. The number of esters is 2. The fourth-order valence-electron chi connectivity index (χ4n) is 4.52. The van der Waals surface area contributed by atoms with Gasteiger partial charge in [0.1, 0.15) is 0 Å². The van der Waals surface area contributed by atoms with E-state index in [0.717, 1.165) is 11.1 Å². The van der Waals surface area contributed by atoms with Crippen LogP contribution >= 0.6 is 0 Å². The van der Waals surface area contributed by atoms with Crippen LogP contribution in [-0.2, 0) is 23.9 Å². The van der Waals surface area contributed by atoms with E-state index in [-0.39, 0.29) is 30.0 Å². The van der Waals surface area contributed by atoms with Gasteiger partial charge in [-0.2, -0.15) is 0 Å². The maximum absolute atomic E-state index is 12.7. The van der Waals surface area contributed by atoms with Gasteiger partial charge in [0.25, 0.3) is 0 Å². The van der Waals surface area contributed by atoms with Crippen LogP contribution in [0.4, 0.5) is 0 Å². The van der Waals surface area contributed by atoms with Gasteiger partial charge in [0.2, 0.25) is 0 Å². The molecule has 0 radical (unpaired) electrons. The smallest absolute Gasteiger partial charge is 0.323 e. The van der Waals surface area contributed by atoms with Crippen molar-refractivity contribution >= 4 is 17.7 Å². The second kappa shape index (κ2) is 6.47. The molecule has 3 atom stereocenters. The van der Waals surface area contributed by atoms with E-state index in [1.165, 1.54) is 14.2 Å². The number of rotatable bonds is 3. The lowest BCUT2D eigenvalue weighted by atomic mass is 9.70. The van der Waals surface area contributed by atoms with Gasteiger partial charge in [0.15, 0.2) is 11.2 Å². The van der Waals surface area contributed by atoms with E-state index in [4.69, 9.17) is 9.47 Å². The Bertz CT molecular complexity index is 718. The summed E-state index contributed by atoms with van der Waals surface area (Å²) in [6, 6.07) is 9.53. The topological polar surface area (TPSA) is 69.7 Å². The first kappa shape index (κ1) is 17.4. The lowest BCUT2D eigenvalue weighted by Crippen LogP contribution is -2.39. The van der Waals surface area contributed by atoms with E-state index in [1.807, 2.05) is 37.3 Å². The molecule has 0 aliphatic heterocycles. The van der Waals surface area contributed by atoms with Crippen LogP contribution in [0, 0.1) is 17.3 Å². The maximum Gasteiger partial charge on any atom is 0.323 e. The molecule has 0 N–H and O–H groups in total. The van der Waals surface area contributed by atoms with E-state index < -0.39 is 17.4 Å². The van der Waals surface area contributed by atoms with Gasteiger partial charge in [-0.1, -0.05) is 35.9 Å². The van der Waals surface area contributed by atoms with Gasteiger partial charge in [-0.3, -0.25) is 14.4 Å². The molecule has 132 valence electrons. The molecule has 1 fully saturated rings. The highest BCUT2D eigenvalue weighted by molar-refractivity contribution is 6.02. The van der Waals surface area contributed by atoms with Gasteiger partial charge in [0, 0.05) is 0 Å². The predicted octanol–water partition coefficient (Wildman–Crippen LogP) is 2.66. The third kappa shape index (κ3) is 2.68. The molecule has 0 bridgehead atoms. The predicted molar refractivity (Wildman–Crippen MR) is 90.6 cm³/mol. The molecule has 1 aromatic carbocycles. The molecule has 0 heterocycles. The number of ether oxygens (including phenoxy) is 2. The molecule has 2 aliphatic rings. The standard InChI is InChI=1S/C20H22O5/c1-12-9-16(21)17(13-7-5-4-6-8-13)15-11-20(10-14(12)15,18(22)24-2)19(23)25-3/h4-9,14-15,17H,10-11H2,1-3H3/t14-,15-,17+/m1/s1. The average molecular weight is 342 g/mol. The number of fused-ring (bicyclic) bond motifs is 1. The molecule has 5 heteroatoms. The Morgan fingerprint density at radius 1 is 1.04 bits per heavy atom. The molecular weight excluding hydrogens is 320 g/mol. The summed E-state index contributed by atoms with van der Waals surface area (Å²) in [6.07, 6.45) is 2.23. The highest BCUT2D eigenvalue weighted by Crippen LogP contribution is 2.56. The first-order valence-corrected chi connectivity index (χ1v) is 8.38. The highest BCUT2D eigenvalue weighted by atomic mass is 16.5. The molecule has 5 nitrogen and oxygen atoms in total. The first-order valence-electron chi connectivity index (χ1n) is 8.38. The van der Waals surface area contributed by atoms with E-state index in [9.17, 15) is 14.4 Å². The van der Waals surface area contributed by atoms with Crippen molar-refractivity contribution in [1.29, 1.82) is 0 Å². The largest absolute Gasteiger partial charge is 0.468 e. The van der Waals surface area contributed by atoms with Crippen LogP contribution in [0.3, 0.4) is 0 Å². The molecule has 25 heavy (non-hydrogen) atoms. The van der Waals surface area contributed by atoms with Gasteiger partial charge in [-0.05, 0) is 43.2 Å². The van der Waals surface area contributed by atoms with Crippen molar-refractivity contribution in [1.82, 2.24) is 0 Å². The molecule has 2 aliphatic carbocycles. The Kier molecular flexibility index (Phi) is 4.50. The number of carbonyl (C=O) groups is 3. The first-order chi connectivity index (χ1) is 11.9. The summed E-state index contributed by atoms with van der Waals surface area (Å²) in [5, 5.41) is 0. The van der Waals surface area contributed by atoms with Crippen LogP contribution in [0.25, 0.3) is 0 Å². The molecule has 0 unspecified atom stereocenters. The molecular formula is C20H22O5. The molecule has 0 amide bonds. The zero-order valence-corrected chi connectivity index (χ0v) is 14.7. The number of benzene rings is 1. The molecule has 0 saturated heterocycles. The normalized spacial score (nSPS) is 27.2. The van der Waals surface area contributed by atoms with E-state index in [1.54, 1.807) is 6.08 Å². The monoisotopic (exact) mass is 342 g/mol. The lowest BCUT2D eigenvalue weighted by Gasteiger charge is -2.32. The fourth-order valence-corrected chi connectivity index (χ4v) is 4.52. The molecule has 1 saturated carbocycles. The summed E-state index contributed by atoms with van der Waals surface area (Å²) in [6.45, 7) is 1.89. The van der Waals surface area contributed by atoms with Crippen molar-refractivity contribution in [2.75, 3.05) is 14.2 Å². The van der Waals surface area contributed by atoms with Crippen molar-refractivity contribution in [2.45, 2.75) is 25.7 Å². The minimum Gasteiger partial charge on any atom is -0.468 e. The van der Waals surface area contributed by atoms with Gasteiger partial charge in [-0.25, -0.2) is 0 Å². The van der Waals surface area contributed by atoms with Crippen molar-refractivity contribution in [3.05, 3.63) is 47.5 Å². The lowest BCUT2D eigenvalue weighted by molar-refractivity contribution is -0.169. The molecule has 1 aromatic rings. The average Bonchev–Trinajstić information content (AvgIpc) is 3.03. The van der Waals surface area contributed by atoms with Crippen molar-refractivity contribution in [3.8, 4) is 0 Å². The second-order valence-electron chi connectivity index (χ2n) is 6.92. The van der Waals surface area contributed by atoms with E-state index >= 15 is 0 Å². The van der Waals surface area contributed by atoms with E-state index in [2.05, 4.69) is 0 Å². The Morgan fingerprint density at radius 3 is 2.20 bits per heavy atom. The number of hydrogen-bond acceptors (Lipinski definition) is 5.